The molecular formula is C18H25N3O3S. The fourth-order valence-corrected chi connectivity index (χ4v) is 4.48. The molecule has 1 aromatic carbocycles. The van der Waals surface area contributed by atoms with E-state index >= 15 is 0 Å². The zero-order valence-corrected chi connectivity index (χ0v) is 15.6. The molecule has 0 aliphatic heterocycles. The van der Waals surface area contributed by atoms with Crippen molar-refractivity contribution in [1.29, 1.82) is 5.26 Å². The highest BCUT2D eigenvalue weighted by Crippen LogP contribution is 2.27. The van der Waals surface area contributed by atoms with Gasteiger partial charge in [-0.15, -0.1) is 0 Å². The molecule has 2 N–H and O–H groups in total. The van der Waals surface area contributed by atoms with Gasteiger partial charge in [-0.1, -0.05) is 37.0 Å². The van der Waals surface area contributed by atoms with Crippen molar-refractivity contribution in [3.8, 4) is 6.07 Å². The first-order chi connectivity index (χ1) is 11.8. The second kappa shape index (κ2) is 7.98. The Kier molecular flexibility index (Phi) is 6.20. The fourth-order valence-electron chi connectivity index (χ4n) is 3.23. The van der Waals surface area contributed by atoms with Crippen molar-refractivity contribution in [2.75, 3.05) is 6.54 Å². The number of amides is 1. The van der Waals surface area contributed by atoms with E-state index in [0.717, 1.165) is 24.8 Å². The summed E-state index contributed by atoms with van der Waals surface area (Å²) in [7, 11) is -3.65. The Hall–Kier alpha value is -1.91. The number of nitriles is 1. The second-order valence-corrected chi connectivity index (χ2v) is 8.45. The quantitative estimate of drug-likeness (QED) is 0.810. The van der Waals surface area contributed by atoms with Gasteiger partial charge in [0, 0.05) is 13.0 Å². The van der Waals surface area contributed by atoms with Gasteiger partial charge in [-0.3, -0.25) is 4.79 Å². The lowest BCUT2D eigenvalue weighted by Gasteiger charge is -2.31. The molecule has 1 aromatic rings. The number of sulfonamides is 1. The van der Waals surface area contributed by atoms with Gasteiger partial charge in [-0.05, 0) is 38.3 Å². The van der Waals surface area contributed by atoms with Gasteiger partial charge in [0.15, 0.2) is 0 Å². The van der Waals surface area contributed by atoms with Crippen LogP contribution in [-0.2, 0) is 14.8 Å². The molecule has 7 heteroatoms. The summed E-state index contributed by atoms with van der Waals surface area (Å²) in [5.74, 6) is -0.299. The number of nitrogens with zero attached hydrogens (tertiary/aromatic N) is 1. The average molecular weight is 363 g/mol. The van der Waals surface area contributed by atoms with Gasteiger partial charge in [0.1, 0.15) is 5.54 Å². The summed E-state index contributed by atoms with van der Waals surface area (Å²) >= 11 is 0. The van der Waals surface area contributed by atoms with Crippen LogP contribution < -0.4 is 10.0 Å². The lowest BCUT2D eigenvalue weighted by molar-refractivity contribution is -0.122. The molecule has 1 amide bonds. The summed E-state index contributed by atoms with van der Waals surface area (Å²) < 4.78 is 27.2. The number of carbonyl (C=O) groups is 1. The summed E-state index contributed by atoms with van der Waals surface area (Å²) in [5, 5.41) is 12.2. The Balaban J connectivity index is 1.91. The molecule has 25 heavy (non-hydrogen) atoms. The monoisotopic (exact) mass is 363 g/mol. The fraction of sp³-hybridized carbons (Fsp3) is 0.556. The van der Waals surface area contributed by atoms with Crippen LogP contribution in [0.1, 0.15) is 49.7 Å². The summed E-state index contributed by atoms with van der Waals surface area (Å²) in [6.07, 6.45) is 4.25. The normalized spacial score (nSPS) is 16.8. The highest BCUT2D eigenvalue weighted by molar-refractivity contribution is 7.89. The second-order valence-electron chi connectivity index (χ2n) is 6.72. The smallest absolute Gasteiger partial charge is 0.240 e. The molecule has 0 unspecified atom stereocenters. The van der Waals surface area contributed by atoms with Crippen LogP contribution in [0.2, 0.25) is 0 Å². The third-order valence-corrected chi connectivity index (χ3v) is 6.19. The number of hydrogen-bond acceptors (Lipinski definition) is 4. The van der Waals surface area contributed by atoms with Crippen LogP contribution in [0.3, 0.4) is 0 Å². The van der Waals surface area contributed by atoms with Crippen molar-refractivity contribution in [2.45, 2.75) is 62.8 Å². The van der Waals surface area contributed by atoms with Crippen LogP contribution in [-0.4, -0.2) is 26.4 Å². The van der Waals surface area contributed by atoms with Crippen molar-refractivity contribution in [2.24, 2.45) is 0 Å². The third kappa shape index (κ3) is 5.03. The van der Waals surface area contributed by atoms with Gasteiger partial charge in [0.05, 0.1) is 11.0 Å². The Morgan fingerprint density at radius 2 is 1.92 bits per heavy atom. The Labute approximate surface area is 149 Å². The molecule has 0 heterocycles. The van der Waals surface area contributed by atoms with Gasteiger partial charge in [-0.2, -0.15) is 5.26 Å². The highest BCUT2D eigenvalue weighted by atomic mass is 32.2. The van der Waals surface area contributed by atoms with E-state index < -0.39 is 15.6 Å². The maximum atomic E-state index is 12.4. The first-order valence-corrected chi connectivity index (χ1v) is 10.1. The number of benzene rings is 1. The van der Waals surface area contributed by atoms with Crippen LogP contribution in [0.15, 0.2) is 23.1 Å². The zero-order valence-electron chi connectivity index (χ0n) is 14.8. The van der Waals surface area contributed by atoms with Crippen molar-refractivity contribution in [1.82, 2.24) is 10.0 Å². The zero-order chi connectivity index (χ0) is 18.5. The van der Waals surface area contributed by atoms with Crippen LogP contribution in [0.5, 0.6) is 0 Å². The first-order valence-electron chi connectivity index (χ1n) is 8.57. The molecule has 1 aliphatic carbocycles. The predicted molar refractivity (Wildman–Crippen MR) is 95.3 cm³/mol. The molecule has 6 nitrogen and oxygen atoms in total. The van der Waals surface area contributed by atoms with Crippen molar-refractivity contribution in [3.63, 3.8) is 0 Å². The van der Waals surface area contributed by atoms with E-state index in [4.69, 9.17) is 0 Å². The van der Waals surface area contributed by atoms with Crippen LogP contribution in [0, 0.1) is 25.2 Å². The largest absolute Gasteiger partial charge is 0.338 e. The predicted octanol–water partition coefficient (Wildman–Crippen LogP) is 2.31. The lowest BCUT2D eigenvalue weighted by Crippen LogP contribution is -2.49. The molecule has 2 rings (SSSR count). The Morgan fingerprint density at radius 1 is 1.24 bits per heavy atom. The molecule has 1 fully saturated rings. The minimum atomic E-state index is -3.65. The molecule has 0 aromatic heterocycles. The highest BCUT2D eigenvalue weighted by Gasteiger charge is 2.33. The van der Waals surface area contributed by atoms with Crippen LogP contribution in [0.4, 0.5) is 0 Å². The number of carbonyl (C=O) groups excluding carboxylic acids is 1. The summed E-state index contributed by atoms with van der Waals surface area (Å²) in [6.45, 7) is 3.65. The maximum Gasteiger partial charge on any atom is 0.240 e. The summed E-state index contributed by atoms with van der Waals surface area (Å²) in [6, 6.07) is 7.34. The molecule has 0 radical (unpaired) electrons. The minimum absolute atomic E-state index is 0.00297. The third-order valence-electron chi connectivity index (χ3n) is 4.56. The minimum Gasteiger partial charge on any atom is -0.338 e. The molecule has 0 saturated heterocycles. The van der Waals surface area contributed by atoms with Crippen LogP contribution in [0.25, 0.3) is 0 Å². The summed E-state index contributed by atoms with van der Waals surface area (Å²) in [5.41, 5.74) is 0.870. The van der Waals surface area contributed by atoms with Crippen molar-refractivity contribution >= 4 is 15.9 Å². The molecular weight excluding hydrogens is 338 g/mol. The maximum absolute atomic E-state index is 12.4. The Bertz CT molecular complexity index is 775. The van der Waals surface area contributed by atoms with E-state index in [2.05, 4.69) is 16.1 Å². The number of nitrogens with one attached hydrogen (secondary N) is 2. The van der Waals surface area contributed by atoms with Gasteiger partial charge in [0.2, 0.25) is 15.9 Å². The van der Waals surface area contributed by atoms with E-state index in [1.54, 1.807) is 25.1 Å². The molecule has 0 spiro atoms. The van der Waals surface area contributed by atoms with Gasteiger partial charge in [0.25, 0.3) is 0 Å². The average Bonchev–Trinajstić information content (AvgIpc) is 2.55. The molecule has 0 bridgehead atoms. The molecule has 0 atom stereocenters. The molecule has 136 valence electrons. The standard InChI is InChI=1S/C18H25N3O3S/c1-14-6-7-16(15(2)12-14)25(23,24)20-11-8-17(22)21-18(13-19)9-4-3-5-10-18/h6-7,12,20H,3-5,8-11H2,1-2H3,(H,21,22). The number of rotatable bonds is 6. The van der Waals surface area contributed by atoms with Crippen LogP contribution >= 0.6 is 0 Å². The molecule has 1 aliphatic rings. The SMILES string of the molecule is Cc1ccc(S(=O)(=O)NCCC(=O)NC2(C#N)CCCCC2)c(C)c1. The van der Waals surface area contributed by atoms with Gasteiger partial charge in [-0.25, -0.2) is 13.1 Å². The van der Waals surface area contributed by atoms with E-state index in [9.17, 15) is 18.5 Å². The van der Waals surface area contributed by atoms with E-state index in [1.807, 2.05) is 6.92 Å². The van der Waals surface area contributed by atoms with E-state index in [1.165, 1.54) is 0 Å². The van der Waals surface area contributed by atoms with Gasteiger partial charge < -0.3 is 5.32 Å². The van der Waals surface area contributed by atoms with Gasteiger partial charge >= 0.3 is 0 Å². The first kappa shape index (κ1) is 19.4. The van der Waals surface area contributed by atoms with Crippen molar-refractivity contribution < 1.29 is 13.2 Å². The topological polar surface area (TPSA) is 99.1 Å². The molecule has 1 saturated carbocycles. The summed E-state index contributed by atoms with van der Waals surface area (Å²) in [4.78, 5) is 12.3. The number of hydrogen-bond donors (Lipinski definition) is 2. The Morgan fingerprint density at radius 3 is 2.52 bits per heavy atom. The van der Waals surface area contributed by atoms with Crippen molar-refractivity contribution in [3.05, 3.63) is 29.3 Å². The van der Waals surface area contributed by atoms with E-state index in [0.29, 0.717) is 18.4 Å². The lowest BCUT2D eigenvalue weighted by atomic mass is 9.83. The number of aryl methyl sites for hydroxylation is 2. The van der Waals surface area contributed by atoms with E-state index in [-0.39, 0.29) is 23.8 Å².